The molecule has 0 amide bonds. The molecule has 0 bridgehead atoms. The summed E-state index contributed by atoms with van der Waals surface area (Å²) in [6.07, 6.45) is 1.83. The van der Waals surface area contributed by atoms with Crippen molar-refractivity contribution in [2.75, 3.05) is 11.4 Å². The largest absolute Gasteiger partial charge is 0.366 e. The van der Waals surface area contributed by atoms with E-state index >= 15 is 0 Å². The highest BCUT2D eigenvalue weighted by molar-refractivity contribution is 9.10. The summed E-state index contributed by atoms with van der Waals surface area (Å²) in [6.45, 7) is 5.88. The number of nitrogens with two attached hydrogens (primary N) is 1. The first-order chi connectivity index (χ1) is 9.61. The van der Waals surface area contributed by atoms with Crippen molar-refractivity contribution in [3.05, 3.63) is 58.3 Å². The molecule has 0 saturated heterocycles. The minimum Gasteiger partial charge on any atom is -0.366 e. The molecule has 2 rings (SSSR count). The number of pyridine rings is 1. The monoisotopic (exact) mass is 333 g/mol. The summed E-state index contributed by atoms with van der Waals surface area (Å²) in [4.78, 5) is 6.68. The number of anilines is 1. The Balaban J connectivity index is 2.22. The first-order valence-corrected chi connectivity index (χ1v) is 7.61. The number of aromatic nitrogens is 1. The van der Waals surface area contributed by atoms with Gasteiger partial charge in [-0.25, -0.2) is 0 Å². The Morgan fingerprint density at radius 1 is 1.30 bits per heavy atom. The maximum Gasteiger partial charge on any atom is 0.0601 e. The Kier molecular flexibility index (Phi) is 5.15. The lowest BCUT2D eigenvalue weighted by Gasteiger charge is -2.24. The number of halogens is 1. The van der Waals surface area contributed by atoms with Gasteiger partial charge in [-0.3, -0.25) is 4.98 Å². The van der Waals surface area contributed by atoms with Crippen LogP contribution in [0.4, 0.5) is 5.69 Å². The first-order valence-electron chi connectivity index (χ1n) is 6.81. The van der Waals surface area contributed by atoms with E-state index in [1.54, 1.807) is 0 Å². The summed E-state index contributed by atoms with van der Waals surface area (Å²) < 4.78 is 1.06. The Labute approximate surface area is 129 Å². The third-order valence-corrected chi connectivity index (χ3v) is 3.99. The van der Waals surface area contributed by atoms with Crippen LogP contribution in [-0.4, -0.2) is 11.5 Å². The summed E-state index contributed by atoms with van der Waals surface area (Å²) >= 11 is 3.61. The molecule has 3 nitrogen and oxygen atoms in total. The van der Waals surface area contributed by atoms with Crippen LogP contribution in [0.3, 0.4) is 0 Å². The Morgan fingerprint density at radius 2 is 2.10 bits per heavy atom. The topological polar surface area (TPSA) is 42.2 Å². The third-order valence-electron chi connectivity index (χ3n) is 3.30. The average molecular weight is 334 g/mol. The van der Waals surface area contributed by atoms with Crippen molar-refractivity contribution in [1.82, 2.24) is 4.98 Å². The Morgan fingerprint density at radius 3 is 2.65 bits per heavy atom. The molecule has 0 unspecified atom stereocenters. The van der Waals surface area contributed by atoms with E-state index < -0.39 is 0 Å². The van der Waals surface area contributed by atoms with Gasteiger partial charge in [-0.1, -0.05) is 28.1 Å². The maximum absolute atomic E-state index is 5.94. The van der Waals surface area contributed by atoms with Gasteiger partial charge < -0.3 is 10.6 Å². The molecule has 0 aliphatic rings. The second-order valence-electron chi connectivity index (χ2n) is 4.83. The van der Waals surface area contributed by atoms with Crippen LogP contribution >= 0.6 is 15.9 Å². The van der Waals surface area contributed by atoms with Crippen LogP contribution < -0.4 is 10.6 Å². The van der Waals surface area contributed by atoms with Gasteiger partial charge in [-0.15, -0.1) is 0 Å². The predicted octanol–water partition coefficient (Wildman–Crippen LogP) is 3.89. The highest BCUT2D eigenvalue weighted by Gasteiger charge is 2.10. The number of nitrogens with zero attached hydrogens (tertiary/aromatic N) is 2. The molecular weight excluding hydrogens is 314 g/mol. The molecule has 4 heteroatoms. The molecular formula is C16H20BrN3. The molecule has 0 radical (unpaired) electrons. The minimum absolute atomic E-state index is 0.0318. The number of benzene rings is 1. The Bertz CT molecular complexity index is 555. The summed E-state index contributed by atoms with van der Waals surface area (Å²) in [5.74, 6) is 0. The normalized spacial score (nSPS) is 12.2. The van der Waals surface area contributed by atoms with Crippen molar-refractivity contribution in [2.45, 2.75) is 26.4 Å². The molecule has 0 aliphatic carbocycles. The number of hydrogen-bond acceptors (Lipinski definition) is 3. The maximum atomic E-state index is 5.94. The van der Waals surface area contributed by atoms with Crippen molar-refractivity contribution in [3.63, 3.8) is 0 Å². The third kappa shape index (κ3) is 3.58. The SMILES string of the molecule is CCN(Cc1ccccn1)c1ccc([C@H](C)N)c(Br)c1. The zero-order chi connectivity index (χ0) is 14.5. The van der Waals surface area contributed by atoms with Gasteiger partial charge in [0.15, 0.2) is 0 Å². The molecule has 1 aromatic heterocycles. The van der Waals surface area contributed by atoms with E-state index in [4.69, 9.17) is 5.73 Å². The second kappa shape index (κ2) is 6.86. The lowest BCUT2D eigenvalue weighted by molar-refractivity contribution is 0.798. The van der Waals surface area contributed by atoms with E-state index in [0.29, 0.717) is 0 Å². The fraction of sp³-hybridized carbons (Fsp3) is 0.312. The average Bonchev–Trinajstić information content (AvgIpc) is 2.45. The van der Waals surface area contributed by atoms with E-state index in [1.807, 2.05) is 31.3 Å². The van der Waals surface area contributed by atoms with Crippen molar-refractivity contribution >= 4 is 21.6 Å². The summed E-state index contributed by atoms with van der Waals surface area (Å²) in [6, 6.07) is 12.4. The quantitative estimate of drug-likeness (QED) is 0.902. The van der Waals surface area contributed by atoms with Gasteiger partial charge in [-0.2, -0.15) is 0 Å². The van der Waals surface area contributed by atoms with Crippen LogP contribution in [0.15, 0.2) is 47.1 Å². The standard InChI is InChI=1S/C16H20BrN3/c1-3-20(11-13-6-4-5-9-19-13)14-7-8-15(12(2)18)16(17)10-14/h4-10,12H,3,11,18H2,1-2H3/t12-/m0/s1. The molecule has 106 valence electrons. The van der Waals surface area contributed by atoms with E-state index in [0.717, 1.165) is 28.8 Å². The van der Waals surface area contributed by atoms with Crippen LogP contribution in [-0.2, 0) is 6.54 Å². The van der Waals surface area contributed by atoms with E-state index in [1.165, 1.54) is 5.69 Å². The van der Waals surface area contributed by atoms with Gasteiger partial charge in [0.1, 0.15) is 0 Å². The van der Waals surface area contributed by atoms with Gasteiger partial charge in [0.05, 0.1) is 12.2 Å². The van der Waals surface area contributed by atoms with Gasteiger partial charge in [0, 0.05) is 28.9 Å². The zero-order valence-electron chi connectivity index (χ0n) is 11.9. The predicted molar refractivity (Wildman–Crippen MR) is 87.7 cm³/mol. The molecule has 2 N–H and O–H groups in total. The lowest BCUT2D eigenvalue weighted by atomic mass is 10.1. The van der Waals surface area contributed by atoms with Crippen LogP contribution in [0, 0.1) is 0 Å². The highest BCUT2D eigenvalue weighted by Crippen LogP contribution is 2.28. The van der Waals surface area contributed by atoms with Gasteiger partial charge in [0.25, 0.3) is 0 Å². The highest BCUT2D eigenvalue weighted by atomic mass is 79.9. The zero-order valence-corrected chi connectivity index (χ0v) is 13.5. The molecule has 0 saturated carbocycles. The van der Waals surface area contributed by atoms with Gasteiger partial charge >= 0.3 is 0 Å². The van der Waals surface area contributed by atoms with Crippen molar-refractivity contribution in [3.8, 4) is 0 Å². The second-order valence-corrected chi connectivity index (χ2v) is 5.68. The summed E-state index contributed by atoms with van der Waals surface area (Å²) in [5, 5.41) is 0. The molecule has 2 aromatic rings. The van der Waals surface area contributed by atoms with E-state index in [-0.39, 0.29) is 6.04 Å². The molecule has 0 fully saturated rings. The summed E-state index contributed by atoms with van der Waals surface area (Å²) in [7, 11) is 0. The molecule has 1 atom stereocenters. The smallest absolute Gasteiger partial charge is 0.0601 e. The van der Waals surface area contributed by atoms with Crippen LogP contribution in [0.2, 0.25) is 0 Å². The van der Waals surface area contributed by atoms with E-state index in [2.05, 4.69) is 50.9 Å². The summed E-state index contributed by atoms with van der Waals surface area (Å²) in [5.41, 5.74) is 9.32. The Hall–Kier alpha value is -1.39. The molecule has 1 aromatic carbocycles. The van der Waals surface area contributed by atoms with E-state index in [9.17, 15) is 0 Å². The number of hydrogen-bond donors (Lipinski definition) is 1. The molecule has 0 spiro atoms. The van der Waals surface area contributed by atoms with Crippen molar-refractivity contribution < 1.29 is 0 Å². The molecule has 1 heterocycles. The first kappa shape index (κ1) is 15.0. The molecule has 20 heavy (non-hydrogen) atoms. The molecule has 0 aliphatic heterocycles. The van der Waals surface area contributed by atoms with Gasteiger partial charge in [0.2, 0.25) is 0 Å². The fourth-order valence-electron chi connectivity index (χ4n) is 2.15. The number of rotatable bonds is 5. The fourth-order valence-corrected chi connectivity index (χ4v) is 2.88. The van der Waals surface area contributed by atoms with Gasteiger partial charge in [-0.05, 0) is 43.7 Å². The lowest BCUT2D eigenvalue weighted by Crippen LogP contribution is -2.22. The van der Waals surface area contributed by atoms with Crippen LogP contribution in [0.1, 0.15) is 31.1 Å². The van der Waals surface area contributed by atoms with Crippen LogP contribution in [0.25, 0.3) is 0 Å². The van der Waals surface area contributed by atoms with Crippen molar-refractivity contribution in [2.24, 2.45) is 5.73 Å². The van der Waals surface area contributed by atoms with Crippen LogP contribution in [0.5, 0.6) is 0 Å². The van der Waals surface area contributed by atoms with Crippen molar-refractivity contribution in [1.29, 1.82) is 0 Å². The minimum atomic E-state index is 0.0318.